The molecule has 0 radical (unpaired) electrons. The molecular weight excluding hydrogens is 326 g/mol. The zero-order valence-electron chi connectivity index (χ0n) is 14.0. The summed E-state index contributed by atoms with van der Waals surface area (Å²) >= 11 is 0. The summed E-state index contributed by atoms with van der Waals surface area (Å²) in [5.74, 6) is 0.518. The third-order valence-electron chi connectivity index (χ3n) is 4.29. The lowest BCUT2D eigenvalue weighted by Crippen LogP contribution is -2.14. The first-order valence-electron chi connectivity index (χ1n) is 8.31. The average Bonchev–Trinajstić information content (AvgIpc) is 3.18. The lowest BCUT2D eigenvalue weighted by Gasteiger charge is -2.12. The number of rotatable bonds is 6. The van der Waals surface area contributed by atoms with Gasteiger partial charge in [-0.05, 0) is 38.8 Å². The molecule has 7 heteroatoms. The van der Waals surface area contributed by atoms with Crippen LogP contribution in [0.3, 0.4) is 0 Å². The number of aryl methyl sites for hydroxylation is 1. The molecule has 0 aliphatic heterocycles. The van der Waals surface area contributed by atoms with Crippen LogP contribution in [0.4, 0.5) is 5.69 Å². The highest BCUT2D eigenvalue weighted by molar-refractivity contribution is 7.92. The summed E-state index contributed by atoms with van der Waals surface area (Å²) in [6, 6.07) is 7.33. The SMILES string of the molecule is CCOc1ccccc1NS(=O)(=O)c1cn(C2CCCC2)nc1C. The van der Waals surface area contributed by atoms with Gasteiger partial charge in [0.1, 0.15) is 10.6 Å². The molecule has 0 atom stereocenters. The van der Waals surface area contributed by atoms with Crippen molar-refractivity contribution in [2.75, 3.05) is 11.3 Å². The van der Waals surface area contributed by atoms with Crippen LogP contribution in [-0.4, -0.2) is 24.8 Å². The number of para-hydroxylation sites is 2. The highest BCUT2D eigenvalue weighted by atomic mass is 32.2. The zero-order valence-corrected chi connectivity index (χ0v) is 14.8. The Morgan fingerprint density at radius 1 is 1.29 bits per heavy atom. The molecule has 1 N–H and O–H groups in total. The molecule has 0 spiro atoms. The van der Waals surface area contributed by atoms with E-state index in [9.17, 15) is 8.42 Å². The zero-order chi connectivity index (χ0) is 17.2. The average molecular weight is 349 g/mol. The molecule has 24 heavy (non-hydrogen) atoms. The third-order valence-corrected chi connectivity index (χ3v) is 5.76. The van der Waals surface area contributed by atoms with Crippen LogP contribution in [0.1, 0.15) is 44.3 Å². The van der Waals surface area contributed by atoms with Crippen LogP contribution < -0.4 is 9.46 Å². The summed E-state index contributed by atoms with van der Waals surface area (Å²) in [5.41, 5.74) is 0.954. The van der Waals surface area contributed by atoms with E-state index in [1.807, 2.05) is 17.7 Å². The van der Waals surface area contributed by atoms with Gasteiger partial charge in [0.05, 0.1) is 24.0 Å². The van der Waals surface area contributed by atoms with Crippen molar-refractivity contribution in [1.82, 2.24) is 9.78 Å². The minimum atomic E-state index is -3.71. The van der Waals surface area contributed by atoms with E-state index in [0.717, 1.165) is 12.8 Å². The van der Waals surface area contributed by atoms with E-state index in [4.69, 9.17) is 4.74 Å². The Morgan fingerprint density at radius 2 is 2.00 bits per heavy atom. The topological polar surface area (TPSA) is 73.2 Å². The predicted molar refractivity (Wildman–Crippen MR) is 92.9 cm³/mol. The van der Waals surface area contributed by atoms with Crippen molar-refractivity contribution in [3.05, 3.63) is 36.2 Å². The lowest BCUT2D eigenvalue weighted by atomic mass is 10.3. The third kappa shape index (κ3) is 3.40. The molecule has 1 aliphatic carbocycles. The van der Waals surface area contributed by atoms with Crippen molar-refractivity contribution in [2.24, 2.45) is 0 Å². The highest BCUT2D eigenvalue weighted by Gasteiger charge is 2.25. The summed E-state index contributed by atoms with van der Waals surface area (Å²) in [4.78, 5) is 0.223. The molecule has 130 valence electrons. The van der Waals surface area contributed by atoms with E-state index in [1.165, 1.54) is 12.8 Å². The maximum Gasteiger partial charge on any atom is 0.265 e. The van der Waals surface area contributed by atoms with E-state index in [-0.39, 0.29) is 4.90 Å². The van der Waals surface area contributed by atoms with Gasteiger partial charge in [-0.3, -0.25) is 9.40 Å². The van der Waals surface area contributed by atoms with E-state index in [2.05, 4.69) is 9.82 Å². The smallest absolute Gasteiger partial charge is 0.265 e. The number of hydrogen-bond donors (Lipinski definition) is 1. The molecule has 3 rings (SSSR count). The van der Waals surface area contributed by atoms with Crippen LogP contribution in [0.2, 0.25) is 0 Å². The summed E-state index contributed by atoms with van der Waals surface area (Å²) in [6.45, 7) is 4.06. The van der Waals surface area contributed by atoms with Crippen LogP contribution in [-0.2, 0) is 10.0 Å². The molecule has 1 heterocycles. The van der Waals surface area contributed by atoms with Gasteiger partial charge in [-0.15, -0.1) is 0 Å². The summed E-state index contributed by atoms with van der Waals surface area (Å²) < 4.78 is 35.5. The van der Waals surface area contributed by atoms with Gasteiger partial charge >= 0.3 is 0 Å². The monoisotopic (exact) mass is 349 g/mol. The fraction of sp³-hybridized carbons (Fsp3) is 0.471. The number of sulfonamides is 1. The Bertz CT molecular complexity index is 808. The van der Waals surface area contributed by atoms with Gasteiger partial charge in [-0.2, -0.15) is 5.10 Å². The quantitative estimate of drug-likeness (QED) is 0.866. The Labute approximate surface area is 142 Å². The van der Waals surface area contributed by atoms with Gasteiger partial charge in [0.25, 0.3) is 10.0 Å². The predicted octanol–water partition coefficient (Wildman–Crippen LogP) is 3.51. The minimum absolute atomic E-state index is 0.223. The standard InChI is InChI=1S/C17H23N3O3S/c1-3-23-16-11-7-6-10-15(16)19-24(21,22)17-12-20(18-13(17)2)14-8-4-5-9-14/h6-7,10-12,14,19H,3-5,8-9H2,1-2H3. The normalized spacial score (nSPS) is 15.6. The van der Waals surface area contributed by atoms with Gasteiger partial charge < -0.3 is 4.74 Å². The van der Waals surface area contributed by atoms with Crippen LogP contribution >= 0.6 is 0 Å². The van der Waals surface area contributed by atoms with Crippen molar-refractivity contribution >= 4 is 15.7 Å². The Balaban J connectivity index is 1.88. The number of benzene rings is 1. The molecule has 2 aromatic rings. The first kappa shape index (κ1) is 16.8. The fourth-order valence-electron chi connectivity index (χ4n) is 3.12. The molecule has 1 aromatic carbocycles. The Hall–Kier alpha value is -2.02. The molecule has 0 bridgehead atoms. The highest BCUT2D eigenvalue weighted by Crippen LogP contribution is 2.31. The first-order chi connectivity index (χ1) is 11.5. The second-order valence-electron chi connectivity index (χ2n) is 6.03. The molecule has 0 saturated heterocycles. The van der Waals surface area contributed by atoms with Gasteiger partial charge in [0, 0.05) is 6.20 Å². The number of hydrogen-bond acceptors (Lipinski definition) is 4. The van der Waals surface area contributed by atoms with Crippen molar-refractivity contribution in [2.45, 2.75) is 50.5 Å². The van der Waals surface area contributed by atoms with Crippen molar-refractivity contribution in [3.8, 4) is 5.75 Å². The molecule has 1 fully saturated rings. The van der Waals surface area contributed by atoms with E-state index in [1.54, 1.807) is 31.3 Å². The fourth-order valence-corrected chi connectivity index (χ4v) is 4.36. The number of nitrogens with one attached hydrogen (secondary N) is 1. The molecule has 1 aliphatic rings. The molecular formula is C17H23N3O3S. The molecule has 1 saturated carbocycles. The van der Waals surface area contributed by atoms with E-state index < -0.39 is 10.0 Å². The molecule has 1 aromatic heterocycles. The van der Waals surface area contributed by atoms with Crippen LogP contribution in [0.25, 0.3) is 0 Å². The molecule has 0 unspecified atom stereocenters. The van der Waals surface area contributed by atoms with Gasteiger partial charge in [0.15, 0.2) is 0 Å². The van der Waals surface area contributed by atoms with E-state index in [0.29, 0.717) is 29.8 Å². The number of anilines is 1. The lowest BCUT2D eigenvalue weighted by molar-refractivity contribution is 0.342. The van der Waals surface area contributed by atoms with Crippen molar-refractivity contribution < 1.29 is 13.2 Å². The summed E-state index contributed by atoms with van der Waals surface area (Å²) in [5, 5.41) is 4.43. The van der Waals surface area contributed by atoms with Crippen LogP contribution in [0.5, 0.6) is 5.75 Å². The first-order valence-corrected chi connectivity index (χ1v) is 9.80. The number of nitrogens with zero attached hydrogens (tertiary/aromatic N) is 2. The Kier molecular flexibility index (Phi) is 4.80. The van der Waals surface area contributed by atoms with Crippen LogP contribution in [0, 0.1) is 6.92 Å². The van der Waals surface area contributed by atoms with Gasteiger partial charge in [0.2, 0.25) is 0 Å². The van der Waals surface area contributed by atoms with Gasteiger partial charge in [-0.25, -0.2) is 8.42 Å². The molecule has 6 nitrogen and oxygen atoms in total. The largest absolute Gasteiger partial charge is 0.492 e. The second kappa shape index (κ2) is 6.84. The van der Waals surface area contributed by atoms with Crippen LogP contribution in [0.15, 0.2) is 35.4 Å². The minimum Gasteiger partial charge on any atom is -0.492 e. The maximum absolute atomic E-state index is 12.8. The van der Waals surface area contributed by atoms with E-state index >= 15 is 0 Å². The maximum atomic E-state index is 12.8. The van der Waals surface area contributed by atoms with Gasteiger partial charge in [-0.1, -0.05) is 25.0 Å². The summed E-state index contributed by atoms with van der Waals surface area (Å²) in [6.07, 6.45) is 6.11. The van der Waals surface area contributed by atoms with Crippen molar-refractivity contribution in [3.63, 3.8) is 0 Å². The second-order valence-corrected chi connectivity index (χ2v) is 7.68. The number of ether oxygens (including phenoxy) is 1. The summed E-state index contributed by atoms with van der Waals surface area (Å²) in [7, 11) is -3.71. The van der Waals surface area contributed by atoms with Crippen molar-refractivity contribution in [1.29, 1.82) is 0 Å². The Morgan fingerprint density at radius 3 is 2.71 bits per heavy atom. The number of aromatic nitrogens is 2. The molecule has 0 amide bonds.